The first-order valence-corrected chi connectivity index (χ1v) is 9.10. The van der Waals surface area contributed by atoms with Crippen LogP contribution in [0.1, 0.15) is 44.9 Å². The van der Waals surface area contributed by atoms with E-state index in [1.807, 2.05) is 13.0 Å². The van der Waals surface area contributed by atoms with Crippen LogP contribution in [0.5, 0.6) is 0 Å². The van der Waals surface area contributed by atoms with Crippen LogP contribution in [-0.2, 0) is 11.2 Å². The van der Waals surface area contributed by atoms with Gasteiger partial charge >= 0.3 is 0 Å². The maximum atomic E-state index is 12.3. The summed E-state index contributed by atoms with van der Waals surface area (Å²) in [6.07, 6.45) is 3.06. The van der Waals surface area contributed by atoms with Crippen LogP contribution < -0.4 is 5.32 Å². The SMILES string of the molecule is CCN1CC2(C[C@@H](O)[C@H](NC(=O)Cc3occc3C)C2)C1C(C)C. The van der Waals surface area contributed by atoms with Crippen LogP contribution in [0.2, 0.25) is 0 Å². The number of hydrogen-bond acceptors (Lipinski definition) is 4. The summed E-state index contributed by atoms with van der Waals surface area (Å²) < 4.78 is 5.35. The second kappa shape index (κ2) is 6.52. The standard InChI is InChI=1S/C19H30N2O3/c1-5-21-11-19(18(21)12(2)3)9-14(15(22)10-19)20-17(23)8-16-13(4)6-7-24-16/h6-7,12,14-15,18,22H,5,8-11H2,1-4H3,(H,20,23)/t14-,15-,18?,19?/m1/s1. The van der Waals surface area contributed by atoms with Gasteiger partial charge in [-0.05, 0) is 43.9 Å². The minimum atomic E-state index is -0.452. The van der Waals surface area contributed by atoms with Gasteiger partial charge in [0.15, 0.2) is 0 Å². The summed E-state index contributed by atoms with van der Waals surface area (Å²) >= 11 is 0. The Morgan fingerprint density at radius 3 is 2.83 bits per heavy atom. The van der Waals surface area contributed by atoms with Crippen molar-refractivity contribution in [1.29, 1.82) is 0 Å². The van der Waals surface area contributed by atoms with Crippen LogP contribution in [0.25, 0.3) is 0 Å². The number of carbonyl (C=O) groups excluding carboxylic acids is 1. The van der Waals surface area contributed by atoms with Crippen LogP contribution in [0, 0.1) is 18.3 Å². The summed E-state index contributed by atoms with van der Waals surface area (Å²) in [5.74, 6) is 1.20. The summed E-state index contributed by atoms with van der Waals surface area (Å²) in [4.78, 5) is 14.8. The molecule has 1 aromatic rings. The predicted molar refractivity (Wildman–Crippen MR) is 92.6 cm³/mol. The molecular weight excluding hydrogens is 304 g/mol. The van der Waals surface area contributed by atoms with Gasteiger partial charge in [-0.1, -0.05) is 20.8 Å². The Labute approximate surface area is 144 Å². The highest BCUT2D eigenvalue weighted by atomic mass is 16.3. The lowest BCUT2D eigenvalue weighted by Crippen LogP contribution is -2.65. The average molecular weight is 334 g/mol. The number of nitrogens with zero attached hydrogens (tertiary/aromatic N) is 1. The Morgan fingerprint density at radius 2 is 2.25 bits per heavy atom. The zero-order valence-corrected chi connectivity index (χ0v) is 15.2. The number of furan rings is 1. The molecule has 0 radical (unpaired) electrons. The number of amides is 1. The summed E-state index contributed by atoms with van der Waals surface area (Å²) in [5.41, 5.74) is 1.15. The first-order chi connectivity index (χ1) is 11.4. The highest BCUT2D eigenvalue weighted by Gasteiger charge is 2.58. The molecule has 2 unspecified atom stereocenters. The quantitative estimate of drug-likeness (QED) is 0.866. The monoisotopic (exact) mass is 334 g/mol. The Hall–Kier alpha value is -1.33. The van der Waals surface area contributed by atoms with E-state index in [4.69, 9.17) is 4.42 Å². The van der Waals surface area contributed by atoms with Gasteiger partial charge in [0.1, 0.15) is 5.76 Å². The van der Waals surface area contributed by atoms with E-state index in [0.29, 0.717) is 17.7 Å². The highest BCUT2D eigenvalue weighted by Crippen LogP contribution is 2.52. The van der Waals surface area contributed by atoms with Gasteiger partial charge < -0.3 is 14.8 Å². The van der Waals surface area contributed by atoms with Crippen molar-refractivity contribution in [3.05, 3.63) is 23.7 Å². The van der Waals surface area contributed by atoms with Crippen molar-refractivity contribution in [3.63, 3.8) is 0 Å². The molecule has 1 aliphatic heterocycles. The van der Waals surface area contributed by atoms with Crippen LogP contribution >= 0.6 is 0 Å². The van der Waals surface area contributed by atoms with E-state index in [0.717, 1.165) is 31.5 Å². The number of aryl methyl sites for hydroxylation is 1. The van der Waals surface area contributed by atoms with Crippen LogP contribution in [0.3, 0.4) is 0 Å². The average Bonchev–Trinajstić information content (AvgIpc) is 3.02. The van der Waals surface area contributed by atoms with Gasteiger partial charge in [-0.25, -0.2) is 0 Å². The van der Waals surface area contributed by atoms with Crippen LogP contribution in [0.4, 0.5) is 0 Å². The summed E-state index contributed by atoms with van der Waals surface area (Å²) in [6, 6.07) is 2.22. The molecule has 0 bridgehead atoms. The van der Waals surface area contributed by atoms with E-state index in [-0.39, 0.29) is 23.8 Å². The molecule has 24 heavy (non-hydrogen) atoms. The normalized spacial score (nSPS) is 33.2. The van der Waals surface area contributed by atoms with E-state index in [1.165, 1.54) is 0 Å². The fourth-order valence-corrected chi connectivity index (χ4v) is 5.03. The molecule has 1 aliphatic carbocycles. The van der Waals surface area contributed by atoms with Crippen molar-refractivity contribution in [2.45, 2.75) is 65.1 Å². The largest absolute Gasteiger partial charge is 0.469 e. The number of likely N-dealkylation sites (tertiary alicyclic amines) is 1. The maximum absolute atomic E-state index is 12.3. The third-order valence-electron chi connectivity index (χ3n) is 5.92. The first-order valence-electron chi connectivity index (χ1n) is 9.10. The fraction of sp³-hybridized carbons (Fsp3) is 0.737. The van der Waals surface area contributed by atoms with E-state index in [9.17, 15) is 9.90 Å². The molecule has 1 saturated heterocycles. The lowest BCUT2D eigenvalue weighted by molar-refractivity contribution is -0.122. The fourth-order valence-electron chi connectivity index (χ4n) is 5.03. The van der Waals surface area contributed by atoms with Gasteiger partial charge in [0.25, 0.3) is 0 Å². The van der Waals surface area contributed by atoms with E-state index in [1.54, 1.807) is 6.26 Å². The molecule has 2 heterocycles. The molecule has 1 amide bonds. The van der Waals surface area contributed by atoms with Crippen molar-refractivity contribution in [3.8, 4) is 0 Å². The molecule has 2 aliphatic rings. The lowest BCUT2D eigenvalue weighted by atomic mass is 9.65. The maximum Gasteiger partial charge on any atom is 0.227 e. The van der Waals surface area contributed by atoms with Crippen molar-refractivity contribution in [1.82, 2.24) is 10.2 Å². The molecular formula is C19H30N2O3. The van der Waals surface area contributed by atoms with Gasteiger partial charge in [0.05, 0.1) is 24.8 Å². The van der Waals surface area contributed by atoms with E-state index < -0.39 is 6.10 Å². The Morgan fingerprint density at radius 1 is 1.50 bits per heavy atom. The van der Waals surface area contributed by atoms with Gasteiger partial charge in [-0.15, -0.1) is 0 Å². The zero-order chi connectivity index (χ0) is 17.5. The minimum absolute atomic E-state index is 0.0677. The van der Waals surface area contributed by atoms with Gasteiger partial charge in [-0.3, -0.25) is 9.69 Å². The molecule has 2 fully saturated rings. The van der Waals surface area contributed by atoms with Gasteiger partial charge in [0, 0.05) is 18.0 Å². The molecule has 4 atom stereocenters. The van der Waals surface area contributed by atoms with E-state index >= 15 is 0 Å². The molecule has 5 nitrogen and oxygen atoms in total. The number of nitrogens with one attached hydrogen (secondary N) is 1. The predicted octanol–water partition coefficient (Wildman–Crippen LogP) is 2.12. The van der Waals surface area contributed by atoms with Crippen molar-refractivity contribution < 1.29 is 14.3 Å². The second-order valence-electron chi connectivity index (χ2n) is 7.97. The molecule has 1 aromatic heterocycles. The Bertz CT molecular complexity index is 597. The third kappa shape index (κ3) is 3.00. The zero-order valence-electron chi connectivity index (χ0n) is 15.2. The summed E-state index contributed by atoms with van der Waals surface area (Å²) in [5, 5.41) is 13.6. The second-order valence-corrected chi connectivity index (χ2v) is 7.97. The summed E-state index contributed by atoms with van der Waals surface area (Å²) in [7, 11) is 0. The molecule has 1 spiro atoms. The topological polar surface area (TPSA) is 65.7 Å². The smallest absolute Gasteiger partial charge is 0.227 e. The van der Waals surface area contributed by atoms with Gasteiger partial charge in [-0.2, -0.15) is 0 Å². The number of aliphatic hydroxyl groups excluding tert-OH is 1. The van der Waals surface area contributed by atoms with E-state index in [2.05, 4.69) is 31.0 Å². The van der Waals surface area contributed by atoms with Gasteiger partial charge in [0.2, 0.25) is 5.91 Å². The number of hydrogen-bond donors (Lipinski definition) is 2. The van der Waals surface area contributed by atoms with Crippen molar-refractivity contribution >= 4 is 5.91 Å². The summed E-state index contributed by atoms with van der Waals surface area (Å²) in [6.45, 7) is 10.7. The molecule has 0 aromatic carbocycles. The molecule has 2 N–H and O–H groups in total. The highest BCUT2D eigenvalue weighted by molar-refractivity contribution is 5.78. The third-order valence-corrected chi connectivity index (χ3v) is 5.92. The number of carbonyl (C=O) groups is 1. The van der Waals surface area contributed by atoms with Crippen LogP contribution in [-0.4, -0.2) is 47.2 Å². The minimum Gasteiger partial charge on any atom is -0.469 e. The number of rotatable bonds is 5. The number of aliphatic hydroxyl groups is 1. The molecule has 5 heteroatoms. The molecule has 3 rings (SSSR count). The van der Waals surface area contributed by atoms with Crippen molar-refractivity contribution in [2.75, 3.05) is 13.1 Å². The van der Waals surface area contributed by atoms with Crippen LogP contribution in [0.15, 0.2) is 16.7 Å². The van der Waals surface area contributed by atoms with Crippen molar-refractivity contribution in [2.24, 2.45) is 11.3 Å². The molecule has 134 valence electrons. The Balaban J connectivity index is 1.62. The lowest BCUT2D eigenvalue weighted by Gasteiger charge is -2.58. The Kier molecular flexibility index (Phi) is 4.76. The molecule has 1 saturated carbocycles. The first kappa shape index (κ1) is 17.5.